The van der Waals surface area contributed by atoms with Crippen LogP contribution in [0.15, 0.2) is 36.4 Å². The van der Waals surface area contributed by atoms with Crippen molar-refractivity contribution in [1.82, 2.24) is 0 Å². The van der Waals surface area contributed by atoms with Crippen molar-refractivity contribution in [2.45, 2.75) is 19.8 Å². The van der Waals surface area contributed by atoms with Crippen LogP contribution in [0.1, 0.15) is 30.1 Å². The molecule has 0 saturated heterocycles. The van der Waals surface area contributed by atoms with Crippen LogP contribution in [-0.2, 0) is 4.74 Å². The van der Waals surface area contributed by atoms with E-state index in [1.165, 1.54) is 0 Å². The summed E-state index contributed by atoms with van der Waals surface area (Å²) in [6.45, 7) is 7.68. The van der Waals surface area contributed by atoms with E-state index >= 15 is 0 Å². The summed E-state index contributed by atoms with van der Waals surface area (Å²) in [6, 6.07) is 6.82. The maximum atomic E-state index is 10.9. The molecule has 1 amide bonds. The average Bonchev–Trinajstić information content (AvgIpc) is 2.38. The molecule has 0 aliphatic heterocycles. The topological polar surface area (TPSA) is 61.6 Å². The Bertz CT molecular complexity index is 412. The Hall–Kier alpha value is -1.81. The van der Waals surface area contributed by atoms with Crippen LogP contribution in [0, 0.1) is 0 Å². The molecule has 1 rings (SSSR count). The number of nitrogens with two attached hydrogens (primary N) is 1. The summed E-state index contributed by atoms with van der Waals surface area (Å²) < 4.78 is 10.9. The van der Waals surface area contributed by atoms with Crippen LogP contribution >= 0.6 is 0 Å². The molecule has 0 fully saturated rings. The third-order valence-corrected chi connectivity index (χ3v) is 2.44. The van der Waals surface area contributed by atoms with Crippen LogP contribution < -0.4 is 10.5 Å². The molecule has 4 nitrogen and oxygen atoms in total. The predicted molar refractivity (Wildman–Crippen MR) is 75.3 cm³/mol. The van der Waals surface area contributed by atoms with Gasteiger partial charge in [0.05, 0.1) is 13.2 Å². The molecule has 0 atom stereocenters. The summed E-state index contributed by atoms with van der Waals surface area (Å²) in [5.41, 5.74) is 6.67. The lowest BCUT2D eigenvalue weighted by molar-refractivity contribution is 0.1000. The Morgan fingerprint density at radius 2 is 1.84 bits per heavy atom. The molecule has 0 bridgehead atoms. The summed E-state index contributed by atoms with van der Waals surface area (Å²) in [5, 5.41) is 0. The summed E-state index contributed by atoms with van der Waals surface area (Å²) in [6.07, 6.45) is 1.88. The van der Waals surface area contributed by atoms with E-state index in [0.29, 0.717) is 18.8 Å². The first kappa shape index (κ1) is 15.2. The van der Waals surface area contributed by atoms with Crippen LogP contribution in [0.5, 0.6) is 5.75 Å². The molecule has 1 aromatic carbocycles. The van der Waals surface area contributed by atoms with Crippen molar-refractivity contribution in [3.8, 4) is 5.75 Å². The molecule has 0 aliphatic rings. The number of ether oxygens (including phenoxy) is 2. The number of hydrogen-bond acceptors (Lipinski definition) is 3. The minimum absolute atomic E-state index is 0.429. The van der Waals surface area contributed by atoms with Gasteiger partial charge in [0.25, 0.3) is 0 Å². The summed E-state index contributed by atoms with van der Waals surface area (Å²) in [7, 11) is 0. The predicted octanol–water partition coefficient (Wildman–Crippen LogP) is 2.54. The fourth-order valence-corrected chi connectivity index (χ4v) is 1.46. The van der Waals surface area contributed by atoms with Crippen LogP contribution in [0.25, 0.3) is 0 Å². The Balaban J connectivity index is 2.12. The molecule has 0 aliphatic carbocycles. The molecule has 19 heavy (non-hydrogen) atoms. The number of hydrogen-bond donors (Lipinski definition) is 1. The minimum atomic E-state index is -0.429. The van der Waals surface area contributed by atoms with Gasteiger partial charge in [-0.3, -0.25) is 4.79 Å². The van der Waals surface area contributed by atoms with Gasteiger partial charge in [0.1, 0.15) is 5.75 Å². The highest BCUT2D eigenvalue weighted by Gasteiger charge is 2.00. The van der Waals surface area contributed by atoms with Gasteiger partial charge in [0.15, 0.2) is 0 Å². The van der Waals surface area contributed by atoms with Crippen molar-refractivity contribution in [3.05, 3.63) is 42.0 Å². The summed E-state index contributed by atoms with van der Waals surface area (Å²) in [5.74, 6) is 0.314. The number of unbranched alkanes of at least 4 members (excludes halogenated alkanes) is 1. The average molecular weight is 263 g/mol. The fraction of sp³-hybridized carbons (Fsp3) is 0.400. The van der Waals surface area contributed by atoms with Crippen LogP contribution in [0.2, 0.25) is 0 Å². The molecule has 0 radical (unpaired) electrons. The van der Waals surface area contributed by atoms with Crippen molar-refractivity contribution in [1.29, 1.82) is 0 Å². The van der Waals surface area contributed by atoms with Gasteiger partial charge < -0.3 is 15.2 Å². The van der Waals surface area contributed by atoms with Gasteiger partial charge in [-0.15, -0.1) is 0 Å². The number of rotatable bonds is 9. The van der Waals surface area contributed by atoms with Gasteiger partial charge in [0, 0.05) is 12.2 Å². The SMILES string of the molecule is C=C(C)COCCCCOc1ccc(C(N)=O)cc1. The summed E-state index contributed by atoms with van der Waals surface area (Å²) in [4.78, 5) is 10.9. The van der Waals surface area contributed by atoms with E-state index in [1.54, 1.807) is 24.3 Å². The van der Waals surface area contributed by atoms with E-state index in [-0.39, 0.29) is 0 Å². The quantitative estimate of drug-likeness (QED) is 0.550. The van der Waals surface area contributed by atoms with Crippen molar-refractivity contribution >= 4 is 5.91 Å². The lowest BCUT2D eigenvalue weighted by Gasteiger charge is -2.07. The van der Waals surface area contributed by atoms with Gasteiger partial charge >= 0.3 is 0 Å². The molecule has 0 heterocycles. The molecule has 4 heteroatoms. The first-order valence-electron chi connectivity index (χ1n) is 6.34. The molecular formula is C15H21NO3. The lowest BCUT2D eigenvalue weighted by atomic mass is 10.2. The number of primary amides is 1. The Morgan fingerprint density at radius 1 is 1.21 bits per heavy atom. The Morgan fingerprint density at radius 3 is 2.42 bits per heavy atom. The van der Waals surface area contributed by atoms with Crippen LogP contribution in [0.4, 0.5) is 0 Å². The van der Waals surface area contributed by atoms with E-state index in [2.05, 4.69) is 6.58 Å². The van der Waals surface area contributed by atoms with E-state index in [9.17, 15) is 4.79 Å². The van der Waals surface area contributed by atoms with Gasteiger partial charge in [-0.25, -0.2) is 0 Å². The van der Waals surface area contributed by atoms with Gasteiger partial charge in [-0.05, 0) is 44.0 Å². The van der Waals surface area contributed by atoms with Crippen LogP contribution in [-0.4, -0.2) is 25.7 Å². The smallest absolute Gasteiger partial charge is 0.248 e. The van der Waals surface area contributed by atoms with E-state index in [0.717, 1.165) is 30.8 Å². The number of amides is 1. The molecular weight excluding hydrogens is 242 g/mol. The zero-order valence-corrected chi connectivity index (χ0v) is 11.4. The zero-order chi connectivity index (χ0) is 14.1. The fourth-order valence-electron chi connectivity index (χ4n) is 1.46. The zero-order valence-electron chi connectivity index (χ0n) is 11.4. The normalized spacial score (nSPS) is 10.2. The number of carbonyl (C=O) groups excluding carboxylic acids is 1. The molecule has 2 N–H and O–H groups in total. The second-order valence-corrected chi connectivity index (χ2v) is 4.45. The first-order chi connectivity index (χ1) is 9.09. The largest absolute Gasteiger partial charge is 0.494 e. The van der Waals surface area contributed by atoms with Gasteiger partial charge in [0.2, 0.25) is 5.91 Å². The van der Waals surface area contributed by atoms with Crippen molar-refractivity contribution < 1.29 is 14.3 Å². The Labute approximate surface area is 114 Å². The monoisotopic (exact) mass is 263 g/mol. The van der Waals surface area contributed by atoms with Crippen LogP contribution in [0.3, 0.4) is 0 Å². The standard InChI is InChI=1S/C15H21NO3/c1-12(2)11-18-9-3-4-10-19-14-7-5-13(6-8-14)15(16)17/h5-8H,1,3-4,9-11H2,2H3,(H2,16,17). The molecule has 0 saturated carbocycles. The second-order valence-electron chi connectivity index (χ2n) is 4.45. The molecule has 1 aromatic rings. The molecule has 0 aromatic heterocycles. The minimum Gasteiger partial charge on any atom is -0.494 e. The molecule has 0 spiro atoms. The highest BCUT2D eigenvalue weighted by Crippen LogP contribution is 2.12. The summed E-state index contributed by atoms with van der Waals surface area (Å²) >= 11 is 0. The third-order valence-electron chi connectivity index (χ3n) is 2.44. The second kappa shape index (κ2) is 8.32. The van der Waals surface area contributed by atoms with E-state index in [1.807, 2.05) is 6.92 Å². The maximum Gasteiger partial charge on any atom is 0.248 e. The lowest BCUT2D eigenvalue weighted by Crippen LogP contribution is -2.10. The van der Waals surface area contributed by atoms with Crippen molar-refractivity contribution in [3.63, 3.8) is 0 Å². The van der Waals surface area contributed by atoms with E-state index in [4.69, 9.17) is 15.2 Å². The Kier molecular flexibility index (Phi) is 6.68. The highest BCUT2D eigenvalue weighted by atomic mass is 16.5. The van der Waals surface area contributed by atoms with E-state index < -0.39 is 5.91 Å². The third kappa shape index (κ3) is 6.62. The number of carbonyl (C=O) groups is 1. The maximum absolute atomic E-state index is 10.9. The van der Waals surface area contributed by atoms with Crippen molar-refractivity contribution in [2.24, 2.45) is 5.73 Å². The number of benzene rings is 1. The molecule has 104 valence electrons. The van der Waals surface area contributed by atoms with Gasteiger partial charge in [-0.1, -0.05) is 12.2 Å². The first-order valence-corrected chi connectivity index (χ1v) is 6.34. The van der Waals surface area contributed by atoms with Crippen molar-refractivity contribution in [2.75, 3.05) is 19.8 Å². The highest BCUT2D eigenvalue weighted by molar-refractivity contribution is 5.92. The van der Waals surface area contributed by atoms with Gasteiger partial charge in [-0.2, -0.15) is 0 Å². The molecule has 0 unspecified atom stereocenters.